The van der Waals surface area contributed by atoms with Gasteiger partial charge in [0.25, 0.3) is 0 Å². The number of carbonyl (C=O) groups excluding carboxylic acids is 1. The van der Waals surface area contributed by atoms with Crippen LogP contribution in [0.2, 0.25) is 10.0 Å². The lowest BCUT2D eigenvalue weighted by Gasteiger charge is -2.09. The van der Waals surface area contributed by atoms with Crippen molar-refractivity contribution in [1.29, 1.82) is 0 Å². The molecule has 0 aliphatic heterocycles. The van der Waals surface area contributed by atoms with Crippen LogP contribution in [0.4, 0.5) is 0 Å². The number of Topliss-reactive ketones (excluding diaryl/α,β-unsaturated/α-hetero) is 1. The molecule has 1 aliphatic carbocycles. The summed E-state index contributed by atoms with van der Waals surface area (Å²) in [6, 6.07) is 39.3. The minimum Gasteiger partial charge on any atom is -0.457 e. The van der Waals surface area contributed by atoms with Crippen molar-refractivity contribution in [2.75, 3.05) is 0 Å². The predicted octanol–water partition coefficient (Wildman–Crippen LogP) is 11.9. The van der Waals surface area contributed by atoms with Gasteiger partial charge in [-0.3, -0.25) is 4.79 Å². The minimum atomic E-state index is -3.69. The van der Waals surface area contributed by atoms with Crippen LogP contribution >= 0.6 is 23.2 Å². The Morgan fingerprint density at radius 2 is 0.679 bits per heavy atom. The molecule has 0 bridgehead atoms. The van der Waals surface area contributed by atoms with Crippen LogP contribution in [-0.2, 0) is 24.5 Å². The molecule has 282 valence electrons. The zero-order valence-corrected chi connectivity index (χ0v) is 32.9. The molecule has 0 saturated heterocycles. The van der Waals surface area contributed by atoms with E-state index in [4.69, 9.17) is 32.7 Å². The smallest absolute Gasteiger partial charge is 0.206 e. The van der Waals surface area contributed by atoms with Crippen LogP contribution in [-0.4, -0.2) is 22.6 Å². The molecule has 1 aliphatic rings. The van der Waals surface area contributed by atoms with Crippen molar-refractivity contribution in [2.45, 2.75) is 45.3 Å². The monoisotopic (exact) mass is 820 g/mol. The highest BCUT2D eigenvalue weighted by atomic mass is 35.5. The summed E-state index contributed by atoms with van der Waals surface area (Å²) in [6.07, 6.45) is 6.98. The van der Waals surface area contributed by atoms with E-state index in [-0.39, 0.29) is 25.4 Å². The van der Waals surface area contributed by atoms with Crippen LogP contribution < -0.4 is 9.47 Å². The van der Waals surface area contributed by atoms with E-state index < -0.39 is 19.7 Å². The molecule has 56 heavy (non-hydrogen) atoms. The van der Waals surface area contributed by atoms with Gasteiger partial charge in [0.05, 0.1) is 19.6 Å². The van der Waals surface area contributed by atoms with E-state index in [0.29, 0.717) is 45.9 Å². The number of ether oxygens (including phenoxy) is 2. The van der Waals surface area contributed by atoms with Gasteiger partial charge in [-0.25, -0.2) is 16.8 Å². The summed E-state index contributed by atoms with van der Waals surface area (Å²) in [5.74, 6) is 2.12. The number of carbonyl (C=O) groups is 1. The summed E-state index contributed by atoms with van der Waals surface area (Å²) in [5, 5.41) is 0.917. The highest BCUT2D eigenvalue weighted by Crippen LogP contribution is 2.31. The van der Waals surface area contributed by atoms with Gasteiger partial charge in [0.15, 0.2) is 5.78 Å². The Labute approximate surface area is 336 Å². The molecule has 1 fully saturated rings. The van der Waals surface area contributed by atoms with E-state index in [2.05, 4.69) is 0 Å². The lowest BCUT2D eigenvalue weighted by atomic mass is 9.98. The predicted molar refractivity (Wildman–Crippen MR) is 219 cm³/mol. The second kappa shape index (κ2) is 16.7. The molecule has 0 amide bonds. The first kappa shape index (κ1) is 38.8. The first-order chi connectivity index (χ1) is 26.9. The van der Waals surface area contributed by atoms with Crippen molar-refractivity contribution in [1.82, 2.24) is 0 Å². The van der Waals surface area contributed by atoms with Gasteiger partial charge in [-0.15, -0.1) is 0 Å². The molecular weight excluding hydrogens is 788 g/mol. The number of allylic oxidation sites excluding steroid dienone is 2. The molecule has 0 spiro atoms. The average molecular weight is 822 g/mol. The number of ketones is 1. The number of rotatable bonds is 10. The summed E-state index contributed by atoms with van der Waals surface area (Å²) < 4.78 is 63.8. The minimum absolute atomic E-state index is 0.0189. The lowest BCUT2D eigenvalue weighted by Crippen LogP contribution is -2.04. The summed E-state index contributed by atoms with van der Waals surface area (Å²) >= 11 is 11.8. The van der Waals surface area contributed by atoms with Crippen LogP contribution in [0.3, 0.4) is 0 Å². The topological polar surface area (TPSA) is 104 Å². The molecule has 0 radical (unpaired) electrons. The average Bonchev–Trinajstić information content (AvgIpc) is 3.37. The lowest BCUT2D eigenvalue weighted by molar-refractivity contribution is -0.112. The Morgan fingerprint density at radius 1 is 0.411 bits per heavy atom. The maximum absolute atomic E-state index is 13.7. The van der Waals surface area contributed by atoms with Crippen molar-refractivity contribution in [3.63, 3.8) is 0 Å². The highest BCUT2D eigenvalue weighted by Gasteiger charge is 2.21. The molecule has 1 saturated carbocycles. The Morgan fingerprint density at radius 3 is 0.982 bits per heavy atom. The Hall–Kier alpha value is -5.45. The fourth-order valence-electron chi connectivity index (χ4n) is 6.15. The van der Waals surface area contributed by atoms with Gasteiger partial charge in [0, 0.05) is 21.2 Å². The summed E-state index contributed by atoms with van der Waals surface area (Å²) in [5.41, 5.74) is 3.20. The van der Waals surface area contributed by atoms with E-state index in [1.165, 1.54) is 48.5 Å². The Balaban J connectivity index is 0.977. The molecule has 0 atom stereocenters. The van der Waals surface area contributed by atoms with Gasteiger partial charge >= 0.3 is 0 Å². The zero-order chi connectivity index (χ0) is 39.3. The molecule has 0 unspecified atom stereocenters. The van der Waals surface area contributed by atoms with E-state index >= 15 is 0 Å². The molecule has 7 rings (SSSR count). The maximum atomic E-state index is 13.7. The SMILES string of the molecule is O=C1/C(=C\c2ccc(Oc3ccc(S(=O)(=O)c4ccc(Cl)cc4)cc3)cc2)CCCC/C1=C/c1ccc(Oc2ccc(S(=O)(=O)c3ccc(Cl)cc3)cc2)cc1. The number of halogens is 2. The molecule has 11 heteroatoms. The van der Waals surface area contributed by atoms with E-state index in [9.17, 15) is 21.6 Å². The third-order valence-electron chi connectivity index (χ3n) is 9.15. The van der Waals surface area contributed by atoms with Crippen molar-refractivity contribution >= 4 is 60.8 Å². The van der Waals surface area contributed by atoms with E-state index in [1.54, 1.807) is 48.5 Å². The van der Waals surface area contributed by atoms with Gasteiger partial charge in [0.2, 0.25) is 19.7 Å². The van der Waals surface area contributed by atoms with Crippen LogP contribution in [0.5, 0.6) is 23.0 Å². The molecular formula is C45H34Cl2O7S2. The van der Waals surface area contributed by atoms with Gasteiger partial charge in [0.1, 0.15) is 23.0 Å². The van der Waals surface area contributed by atoms with Crippen LogP contribution in [0.1, 0.15) is 36.8 Å². The molecule has 6 aromatic rings. The van der Waals surface area contributed by atoms with Gasteiger partial charge < -0.3 is 9.47 Å². The maximum Gasteiger partial charge on any atom is 0.206 e. The van der Waals surface area contributed by atoms with Crippen molar-refractivity contribution in [3.8, 4) is 23.0 Å². The highest BCUT2D eigenvalue weighted by molar-refractivity contribution is 7.91. The summed E-state index contributed by atoms with van der Waals surface area (Å²) in [4.78, 5) is 14.3. The molecule has 0 aromatic heterocycles. The quantitative estimate of drug-likeness (QED) is 0.100. The van der Waals surface area contributed by atoms with Crippen LogP contribution in [0.15, 0.2) is 176 Å². The second-order valence-corrected chi connectivity index (χ2v) is 17.8. The van der Waals surface area contributed by atoms with Crippen LogP contribution in [0.25, 0.3) is 12.2 Å². The Kier molecular flexibility index (Phi) is 11.6. The van der Waals surface area contributed by atoms with Gasteiger partial charge in [-0.1, -0.05) is 47.5 Å². The number of hydrogen-bond acceptors (Lipinski definition) is 7. The molecule has 7 nitrogen and oxygen atoms in total. The van der Waals surface area contributed by atoms with E-state index in [1.807, 2.05) is 60.7 Å². The first-order valence-corrected chi connectivity index (χ1v) is 21.4. The first-order valence-electron chi connectivity index (χ1n) is 17.7. The fourth-order valence-corrected chi connectivity index (χ4v) is 8.93. The van der Waals surface area contributed by atoms with Crippen LogP contribution in [0, 0.1) is 0 Å². The third kappa shape index (κ3) is 9.15. The zero-order valence-electron chi connectivity index (χ0n) is 29.8. The number of hydrogen-bond donors (Lipinski definition) is 0. The van der Waals surface area contributed by atoms with Crippen molar-refractivity contribution < 1.29 is 31.1 Å². The molecule has 0 heterocycles. The number of benzene rings is 6. The second-order valence-electron chi connectivity index (χ2n) is 13.1. The van der Waals surface area contributed by atoms with Crippen molar-refractivity contribution in [3.05, 3.63) is 178 Å². The van der Waals surface area contributed by atoms with Gasteiger partial charge in [-0.05, 0) is 170 Å². The summed E-state index contributed by atoms with van der Waals surface area (Å²) in [7, 11) is -7.39. The van der Waals surface area contributed by atoms with E-state index in [0.717, 1.165) is 35.1 Å². The Bertz CT molecular complexity index is 2450. The fraction of sp³-hybridized carbons (Fsp3) is 0.0889. The third-order valence-corrected chi connectivity index (χ3v) is 13.2. The van der Waals surface area contributed by atoms with Crippen molar-refractivity contribution in [2.24, 2.45) is 0 Å². The largest absolute Gasteiger partial charge is 0.457 e. The van der Waals surface area contributed by atoms with Gasteiger partial charge in [-0.2, -0.15) is 0 Å². The normalized spacial score (nSPS) is 15.1. The summed E-state index contributed by atoms with van der Waals surface area (Å²) in [6.45, 7) is 0. The number of sulfone groups is 2. The standard InChI is InChI=1S/C45H34Cl2O7S2/c46-35-9-21-41(22-10-35)55(49,50)43-25-17-39(18-26-43)53-37-13-5-31(6-14-37)29-33-3-1-2-4-34(45(33)48)30-32-7-15-38(16-8-32)54-40-19-27-44(28-20-40)56(51,52)42-23-11-36(47)12-24-42/h5-30H,1-4H2/b33-29-,34-30-. The molecule has 6 aromatic carbocycles. The molecule has 0 N–H and O–H groups in total.